The van der Waals surface area contributed by atoms with Gasteiger partial charge in [0.05, 0.1) is 0 Å². The van der Waals surface area contributed by atoms with Crippen molar-refractivity contribution in [2.24, 2.45) is 0 Å². The van der Waals surface area contributed by atoms with Gasteiger partial charge in [0.25, 0.3) is 0 Å². The van der Waals surface area contributed by atoms with Gasteiger partial charge in [-0.25, -0.2) is 0 Å². The first-order valence-corrected chi connectivity index (χ1v) is 7.89. The van der Waals surface area contributed by atoms with Crippen molar-refractivity contribution in [1.82, 2.24) is 9.19 Å². The second-order valence-corrected chi connectivity index (χ2v) is 6.70. The number of ether oxygens (including phenoxy) is 2. The summed E-state index contributed by atoms with van der Waals surface area (Å²) in [5, 5.41) is 4.31. The number of nitrogens with zero attached hydrogens (tertiary/aromatic N) is 2. The van der Waals surface area contributed by atoms with Crippen LogP contribution in [0.5, 0.6) is 11.5 Å². The van der Waals surface area contributed by atoms with E-state index in [-0.39, 0.29) is 26.9 Å². The second-order valence-electron chi connectivity index (χ2n) is 5.12. The normalized spacial score (nSPS) is 14.7. The van der Waals surface area contributed by atoms with E-state index >= 15 is 0 Å². The molecule has 1 aliphatic rings. The number of rotatable bonds is 2. The van der Waals surface area contributed by atoms with Gasteiger partial charge in [0.1, 0.15) is 0 Å². The summed E-state index contributed by atoms with van der Waals surface area (Å²) in [6, 6.07) is 3.89. The molecular formula is C15H14N2O2Se. The molecule has 0 amide bonds. The summed E-state index contributed by atoms with van der Waals surface area (Å²) >= 11 is 0.0308. The summed E-state index contributed by atoms with van der Waals surface area (Å²) in [6.07, 6.45) is 5.24. The molecule has 1 aromatic carbocycles. The molecule has 102 valence electrons. The van der Waals surface area contributed by atoms with Crippen LogP contribution in [0.15, 0.2) is 12.1 Å². The molecule has 4 nitrogen and oxygen atoms in total. The van der Waals surface area contributed by atoms with Crippen LogP contribution in [0, 0.1) is 19.3 Å². The molecule has 0 saturated carbocycles. The molecule has 2 aromatic rings. The van der Waals surface area contributed by atoms with Crippen LogP contribution in [0.3, 0.4) is 0 Å². The molecule has 0 fully saturated rings. The first-order chi connectivity index (χ1) is 9.54. The third-order valence-electron chi connectivity index (χ3n) is 3.31. The van der Waals surface area contributed by atoms with Crippen LogP contribution in [-0.4, -0.2) is 30.5 Å². The zero-order valence-electron chi connectivity index (χ0n) is 11.6. The SMILES string of the molecule is C#CCOc1ccc2c(c1C)OC(C)(C)c1[se]nnc1-2. The third kappa shape index (κ3) is 1.93. The average Bonchev–Trinajstić information content (AvgIpc) is 2.89. The van der Waals surface area contributed by atoms with Crippen LogP contribution in [0.1, 0.15) is 23.8 Å². The van der Waals surface area contributed by atoms with Crippen molar-refractivity contribution in [2.75, 3.05) is 6.61 Å². The van der Waals surface area contributed by atoms with E-state index in [0.29, 0.717) is 0 Å². The monoisotopic (exact) mass is 334 g/mol. The van der Waals surface area contributed by atoms with Crippen molar-refractivity contribution in [1.29, 1.82) is 0 Å². The molecule has 1 aromatic heterocycles. The minimum atomic E-state index is -0.374. The Labute approximate surface area is 124 Å². The van der Waals surface area contributed by atoms with Gasteiger partial charge in [0, 0.05) is 0 Å². The van der Waals surface area contributed by atoms with Crippen molar-refractivity contribution in [3.63, 3.8) is 0 Å². The van der Waals surface area contributed by atoms with Gasteiger partial charge in [-0.15, -0.1) is 0 Å². The molecule has 5 heteroatoms. The molecule has 0 N–H and O–H groups in total. The van der Waals surface area contributed by atoms with Gasteiger partial charge in [0.15, 0.2) is 0 Å². The Morgan fingerprint density at radius 2 is 2.25 bits per heavy atom. The van der Waals surface area contributed by atoms with Crippen LogP contribution in [0.25, 0.3) is 11.3 Å². The van der Waals surface area contributed by atoms with Crippen LogP contribution in [0.4, 0.5) is 0 Å². The predicted molar refractivity (Wildman–Crippen MR) is 77.1 cm³/mol. The van der Waals surface area contributed by atoms with Crippen LogP contribution >= 0.6 is 0 Å². The second kappa shape index (κ2) is 4.66. The van der Waals surface area contributed by atoms with E-state index in [9.17, 15) is 0 Å². The third-order valence-corrected chi connectivity index (χ3v) is 5.48. The number of benzene rings is 1. The average molecular weight is 333 g/mol. The zero-order chi connectivity index (χ0) is 14.3. The molecule has 0 unspecified atom stereocenters. The topological polar surface area (TPSA) is 44.2 Å². The van der Waals surface area contributed by atoms with E-state index in [2.05, 4.69) is 29.0 Å². The van der Waals surface area contributed by atoms with E-state index < -0.39 is 0 Å². The number of aromatic nitrogens is 2. The molecule has 0 atom stereocenters. The molecule has 0 radical (unpaired) electrons. The van der Waals surface area contributed by atoms with Crippen molar-refractivity contribution in [3.8, 4) is 35.1 Å². The number of terminal acetylenes is 1. The van der Waals surface area contributed by atoms with E-state index in [1.54, 1.807) is 0 Å². The van der Waals surface area contributed by atoms with Crippen LogP contribution < -0.4 is 9.47 Å². The first kappa shape index (κ1) is 13.2. The van der Waals surface area contributed by atoms with Crippen LogP contribution in [-0.2, 0) is 5.60 Å². The summed E-state index contributed by atoms with van der Waals surface area (Å²) < 4.78 is 17.1. The maximum absolute atomic E-state index is 6.19. The van der Waals surface area contributed by atoms with Gasteiger partial charge in [-0.05, 0) is 0 Å². The first-order valence-electron chi connectivity index (χ1n) is 6.26. The Bertz CT molecular complexity index is 713. The molecule has 20 heavy (non-hydrogen) atoms. The Balaban J connectivity index is 2.15. The van der Waals surface area contributed by atoms with Gasteiger partial charge < -0.3 is 0 Å². The van der Waals surface area contributed by atoms with Crippen molar-refractivity contribution in [2.45, 2.75) is 26.4 Å². The standard InChI is InChI=1S/C15H14N2O2Se/c1-5-8-18-11-7-6-10-12-14(20-17-16-12)15(3,4)19-13(10)9(11)2/h1,6-7H,8H2,2-4H3. The number of fused-ring (bicyclic) bond motifs is 3. The Morgan fingerprint density at radius 1 is 1.45 bits per heavy atom. The minimum absolute atomic E-state index is 0.0308. The molecule has 0 aliphatic carbocycles. The zero-order valence-corrected chi connectivity index (χ0v) is 13.3. The van der Waals surface area contributed by atoms with Crippen molar-refractivity contribution >= 4 is 14.7 Å². The quantitative estimate of drug-likeness (QED) is 0.624. The maximum atomic E-state index is 6.19. The Kier molecular flexibility index (Phi) is 3.08. The van der Waals surface area contributed by atoms with E-state index in [4.69, 9.17) is 15.9 Å². The van der Waals surface area contributed by atoms with Crippen LogP contribution in [0.2, 0.25) is 0 Å². The van der Waals surface area contributed by atoms with Crippen molar-refractivity contribution in [3.05, 3.63) is 22.1 Å². The number of hydrogen-bond donors (Lipinski definition) is 0. The molecule has 1 aliphatic heterocycles. The molecule has 0 bridgehead atoms. The summed E-state index contributed by atoms with van der Waals surface area (Å²) in [5.41, 5.74) is 2.53. The summed E-state index contributed by atoms with van der Waals surface area (Å²) in [4.78, 5) is 0. The molecule has 3 rings (SSSR count). The van der Waals surface area contributed by atoms with E-state index in [0.717, 1.165) is 28.3 Å². The van der Waals surface area contributed by atoms with Gasteiger partial charge in [-0.2, -0.15) is 0 Å². The number of hydrogen-bond acceptors (Lipinski definition) is 4. The fourth-order valence-electron chi connectivity index (χ4n) is 2.33. The molecule has 0 saturated heterocycles. The Morgan fingerprint density at radius 3 is 3.00 bits per heavy atom. The molecule has 0 spiro atoms. The summed E-state index contributed by atoms with van der Waals surface area (Å²) in [6.45, 7) is 6.33. The summed E-state index contributed by atoms with van der Waals surface area (Å²) in [5.74, 6) is 4.04. The fraction of sp³-hybridized carbons (Fsp3) is 0.333. The Hall–Kier alpha value is -1.76. The predicted octanol–water partition coefficient (Wildman–Crippen LogP) is 2.15. The van der Waals surface area contributed by atoms with Gasteiger partial charge in [-0.1, -0.05) is 0 Å². The van der Waals surface area contributed by atoms with Gasteiger partial charge in [-0.3, -0.25) is 0 Å². The summed E-state index contributed by atoms with van der Waals surface area (Å²) in [7, 11) is 0. The van der Waals surface area contributed by atoms with E-state index in [1.807, 2.05) is 19.1 Å². The van der Waals surface area contributed by atoms with Gasteiger partial charge >= 0.3 is 124 Å². The van der Waals surface area contributed by atoms with Gasteiger partial charge in [0.2, 0.25) is 0 Å². The fourth-order valence-corrected chi connectivity index (χ4v) is 3.81. The molecule has 2 heterocycles. The van der Waals surface area contributed by atoms with E-state index in [1.165, 1.54) is 4.44 Å². The molecular weight excluding hydrogens is 319 g/mol. The van der Waals surface area contributed by atoms with Crippen molar-refractivity contribution < 1.29 is 9.47 Å².